The van der Waals surface area contributed by atoms with Crippen LogP contribution in [-0.2, 0) is 16.0 Å². The summed E-state index contributed by atoms with van der Waals surface area (Å²) in [6, 6.07) is 16.5. The second kappa shape index (κ2) is 9.85. The van der Waals surface area contributed by atoms with Crippen molar-refractivity contribution in [3.63, 3.8) is 0 Å². The summed E-state index contributed by atoms with van der Waals surface area (Å²) in [6.07, 6.45) is 1.80. The number of carbonyl (C=O) groups is 2. The average molecular weight is 430 g/mol. The number of hydrogen-bond donors (Lipinski definition) is 1. The zero-order valence-electron chi connectivity index (χ0n) is 16.3. The van der Waals surface area contributed by atoms with E-state index >= 15 is 0 Å². The molecule has 2 aromatic rings. The van der Waals surface area contributed by atoms with Crippen molar-refractivity contribution in [1.29, 1.82) is 0 Å². The number of nitrogens with one attached hydrogen (secondary N) is 1. The molecule has 1 aliphatic rings. The Morgan fingerprint density at radius 2 is 1.83 bits per heavy atom. The van der Waals surface area contributed by atoms with Crippen LogP contribution in [0.3, 0.4) is 0 Å². The van der Waals surface area contributed by atoms with E-state index in [1.807, 2.05) is 30.0 Å². The van der Waals surface area contributed by atoms with Crippen molar-refractivity contribution in [3.8, 4) is 0 Å². The van der Waals surface area contributed by atoms with Gasteiger partial charge < -0.3 is 10.2 Å². The third-order valence-corrected chi connectivity index (χ3v) is 5.64. The topological polar surface area (TPSA) is 52.7 Å². The van der Waals surface area contributed by atoms with E-state index in [-0.39, 0.29) is 18.2 Å². The van der Waals surface area contributed by atoms with Gasteiger partial charge in [0.1, 0.15) is 6.04 Å². The number of thiocarbonyl (C=S) groups is 1. The number of anilines is 1. The Morgan fingerprint density at radius 1 is 1.14 bits per heavy atom. The largest absolute Gasteiger partial charge is 0.336 e. The minimum atomic E-state index is -0.564. The maximum Gasteiger partial charge on any atom is 0.252 e. The molecule has 0 bridgehead atoms. The fraction of sp³-hybridized carbons (Fsp3) is 0.318. The molecule has 152 valence electrons. The molecule has 2 amide bonds. The molecule has 5 nitrogen and oxygen atoms in total. The Labute approximate surface area is 181 Å². The van der Waals surface area contributed by atoms with Crippen LogP contribution in [0.25, 0.3) is 0 Å². The zero-order chi connectivity index (χ0) is 20.8. The lowest BCUT2D eigenvalue weighted by Crippen LogP contribution is -2.38. The van der Waals surface area contributed by atoms with Gasteiger partial charge in [0, 0.05) is 23.8 Å². The molecule has 1 atom stereocenters. The van der Waals surface area contributed by atoms with Crippen LogP contribution < -0.4 is 5.32 Å². The van der Waals surface area contributed by atoms with E-state index in [0.717, 1.165) is 12.8 Å². The van der Waals surface area contributed by atoms with Gasteiger partial charge in [0.2, 0.25) is 5.91 Å². The lowest BCUT2D eigenvalue weighted by Gasteiger charge is -2.23. The van der Waals surface area contributed by atoms with Gasteiger partial charge in [-0.2, -0.15) is 0 Å². The third kappa shape index (κ3) is 5.34. The Hall–Kier alpha value is -2.44. The van der Waals surface area contributed by atoms with Gasteiger partial charge in [0.05, 0.1) is 6.42 Å². The van der Waals surface area contributed by atoms with Crippen LogP contribution in [0.1, 0.15) is 25.3 Å². The third-order valence-electron chi connectivity index (χ3n) is 4.93. The van der Waals surface area contributed by atoms with Crippen LogP contribution in [0, 0.1) is 0 Å². The van der Waals surface area contributed by atoms with Crippen LogP contribution in [0.4, 0.5) is 5.69 Å². The summed E-state index contributed by atoms with van der Waals surface area (Å²) in [5, 5.41) is 3.94. The van der Waals surface area contributed by atoms with Gasteiger partial charge in [0.25, 0.3) is 5.91 Å². The van der Waals surface area contributed by atoms with Gasteiger partial charge in [-0.3, -0.25) is 14.5 Å². The summed E-state index contributed by atoms with van der Waals surface area (Å²) < 4.78 is 0. The van der Waals surface area contributed by atoms with Crippen molar-refractivity contribution in [1.82, 2.24) is 9.80 Å². The molecular weight excluding hydrogens is 406 g/mol. The molecule has 1 heterocycles. The van der Waals surface area contributed by atoms with E-state index in [1.165, 1.54) is 5.56 Å². The van der Waals surface area contributed by atoms with Gasteiger partial charge in [0.15, 0.2) is 5.11 Å². The molecule has 0 spiro atoms. The fourth-order valence-electron chi connectivity index (χ4n) is 3.45. The molecule has 0 aromatic heterocycles. The molecule has 2 aromatic carbocycles. The van der Waals surface area contributed by atoms with Crippen LogP contribution in [-0.4, -0.2) is 45.9 Å². The predicted molar refractivity (Wildman–Crippen MR) is 120 cm³/mol. The van der Waals surface area contributed by atoms with E-state index in [9.17, 15) is 9.59 Å². The van der Waals surface area contributed by atoms with Crippen molar-refractivity contribution < 1.29 is 9.59 Å². The number of amides is 2. The maximum atomic E-state index is 12.8. The molecule has 0 saturated carbocycles. The van der Waals surface area contributed by atoms with Crippen LogP contribution >= 0.6 is 23.8 Å². The summed E-state index contributed by atoms with van der Waals surface area (Å²) in [5.41, 5.74) is 1.89. The maximum absolute atomic E-state index is 12.8. The highest BCUT2D eigenvalue weighted by Gasteiger charge is 2.42. The molecule has 0 aliphatic carbocycles. The molecule has 7 heteroatoms. The number of likely N-dealkylation sites (N-methyl/N-ethyl adjacent to an activating group) is 1. The number of halogens is 1. The first-order valence-corrected chi connectivity index (χ1v) is 10.5. The number of carbonyl (C=O) groups excluding carboxylic acids is 2. The number of aryl methyl sites for hydroxylation is 1. The van der Waals surface area contributed by atoms with E-state index in [0.29, 0.717) is 28.9 Å². The van der Waals surface area contributed by atoms with E-state index < -0.39 is 6.04 Å². The molecule has 1 fully saturated rings. The Kier molecular flexibility index (Phi) is 7.23. The average Bonchev–Trinajstić information content (AvgIpc) is 2.94. The number of hydrogen-bond acceptors (Lipinski definition) is 3. The SMILES string of the molecule is CCN1C(=O)C(CC(=O)Nc2ccc(Cl)cc2)N(CCCc2ccccc2)C1=S. The lowest BCUT2D eigenvalue weighted by molar-refractivity contribution is -0.130. The highest BCUT2D eigenvalue weighted by molar-refractivity contribution is 7.80. The lowest BCUT2D eigenvalue weighted by atomic mass is 10.1. The van der Waals surface area contributed by atoms with E-state index in [1.54, 1.807) is 29.2 Å². The number of nitrogens with zero attached hydrogens (tertiary/aromatic N) is 2. The second-order valence-electron chi connectivity index (χ2n) is 6.92. The highest BCUT2D eigenvalue weighted by Crippen LogP contribution is 2.22. The van der Waals surface area contributed by atoms with Gasteiger partial charge in [-0.05, 0) is 61.8 Å². The van der Waals surface area contributed by atoms with Crippen molar-refractivity contribution in [2.45, 2.75) is 32.2 Å². The van der Waals surface area contributed by atoms with Gasteiger partial charge >= 0.3 is 0 Å². The minimum Gasteiger partial charge on any atom is -0.336 e. The quantitative estimate of drug-likeness (QED) is 0.641. The molecule has 1 N–H and O–H groups in total. The van der Waals surface area contributed by atoms with Crippen molar-refractivity contribution >= 4 is 46.4 Å². The summed E-state index contributed by atoms with van der Waals surface area (Å²) in [4.78, 5) is 28.9. The van der Waals surface area contributed by atoms with Crippen LogP contribution in [0.5, 0.6) is 0 Å². The van der Waals surface area contributed by atoms with Gasteiger partial charge in [-0.1, -0.05) is 41.9 Å². The number of rotatable bonds is 8. The Morgan fingerprint density at radius 3 is 2.48 bits per heavy atom. The summed E-state index contributed by atoms with van der Waals surface area (Å²) >= 11 is 11.4. The molecule has 1 saturated heterocycles. The molecular formula is C22H24ClN3O2S. The van der Waals surface area contributed by atoms with E-state index in [2.05, 4.69) is 17.4 Å². The number of benzene rings is 2. The molecule has 29 heavy (non-hydrogen) atoms. The van der Waals surface area contributed by atoms with E-state index in [4.69, 9.17) is 23.8 Å². The van der Waals surface area contributed by atoms with Crippen molar-refractivity contribution in [2.24, 2.45) is 0 Å². The Balaban J connectivity index is 1.64. The van der Waals surface area contributed by atoms with Crippen molar-refractivity contribution in [3.05, 3.63) is 65.2 Å². The summed E-state index contributed by atoms with van der Waals surface area (Å²) in [5.74, 6) is -0.331. The summed E-state index contributed by atoms with van der Waals surface area (Å²) in [6.45, 7) is 3.03. The molecule has 1 aliphatic heterocycles. The molecule has 3 rings (SSSR count). The normalized spacial score (nSPS) is 16.4. The minimum absolute atomic E-state index is 0.0590. The standard InChI is InChI=1S/C22H24ClN3O2S/c1-2-25-21(28)19(15-20(27)24-18-12-10-17(23)11-13-18)26(22(25)29)14-6-9-16-7-4-3-5-8-16/h3-5,7-8,10-13,19H,2,6,9,14-15H2,1H3,(H,24,27). The smallest absolute Gasteiger partial charge is 0.252 e. The van der Waals surface area contributed by atoms with Crippen molar-refractivity contribution in [2.75, 3.05) is 18.4 Å². The first-order chi connectivity index (χ1) is 14.0. The zero-order valence-corrected chi connectivity index (χ0v) is 17.9. The predicted octanol–water partition coefficient (Wildman–Crippen LogP) is 4.12. The second-order valence-corrected chi connectivity index (χ2v) is 7.72. The Bertz CT molecular complexity index is 873. The van der Waals surface area contributed by atoms with Crippen LogP contribution in [0.2, 0.25) is 5.02 Å². The highest BCUT2D eigenvalue weighted by atomic mass is 35.5. The first-order valence-electron chi connectivity index (χ1n) is 9.71. The fourth-order valence-corrected chi connectivity index (χ4v) is 4.02. The van der Waals surface area contributed by atoms with Gasteiger partial charge in [-0.25, -0.2) is 0 Å². The summed E-state index contributed by atoms with van der Waals surface area (Å²) in [7, 11) is 0. The van der Waals surface area contributed by atoms with Crippen LogP contribution in [0.15, 0.2) is 54.6 Å². The molecule has 0 radical (unpaired) electrons. The monoisotopic (exact) mass is 429 g/mol. The first kappa shape index (κ1) is 21.3. The van der Waals surface area contributed by atoms with Gasteiger partial charge in [-0.15, -0.1) is 0 Å². The molecule has 1 unspecified atom stereocenters.